The molecule has 0 bridgehead atoms. The minimum absolute atomic E-state index is 0.0421. The molecule has 1 atom stereocenters. The second-order valence-electron chi connectivity index (χ2n) is 6.25. The summed E-state index contributed by atoms with van der Waals surface area (Å²) in [6.45, 7) is 3.35. The Morgan fingerprint density at radius 3 is 2.20 bits per heavy atom. The fraction of sp³-hybridized carbons (Fsp3) is 0.611. The van der Waals surface area contributed by atoms with E-state index < -0.39 is 5.41 Å². The van der Waals surface area contributed by atoms with Crippen molar-refractivity contribution in [3.63, 3.8) is 0 Å². The van der Waals surface area contributed by atoms with E-state index in [1.165, 1.54) is 0 Å². The van der Waals surface area contributed by atoms with E-state index >= 15 is 0 Å². The van der Waals surface area contributed by atoms with Crippen molar-refractivity contribution in [3.8, 4) is 17.2 Å². The number of hydrogen-bond donors (Lipinski definition) is 2. The van der Waals surface area contributed by atoms with Gasteiger partial charge in [-0.25, -0.2) is 0 Å². The van der Waals surface area contributed by atoms with Crippen LogP contribution in [0.5, 0.6) is 17.2 Å². The van der Waals surface area contributed by atoms with Crippen LogP contribution in [0.3, 0.4) is 0 Å². The molecule has 3 N–H and O–H groups in total. The molecule has 0 radical (unpaired) electrons. The van der Waals surface area contributed by atoms with E-state index in [1.807, 2.05) is 19.1 Å². The second-order valence-corrected chi connectivity index (χ2v) is 6.25. The van der Waals surface area contributed by atoms with Crippen molar-refractivity contribution in [2.24, 2.45) is 11.1 Å². The zero-order valence-corrected chi connectivity index (χ0v) is 15.4. The lowest BCUT2D eigenvalue weighted by Gasteiger charge is -2.35. The smallest absolute Gasteiger partial charge is 0.228 e. The summed E-state index contributed by atoms with van der Waals surface area (Å²) in [5.74, 6) is 1.59. The maximum atomic E-state index is 12.8. The lowest BCUT2D eigenvalue weighted by molar-refractivity contribution is -0.136. The summed E-state index contributed by atoms with van der Waals surface area (Å²) < 4.78 is 21.5. The molecule has 1 saturated heterocycles. The molecule has 1 fully saturated rings. The van der Waals surface area contributed by atoms with E-state index in [0.717, 1.165) is 5.56 Å². The molecule has 0 aromatic heterocycles. The van der Waals surface area contributed by atoms with E-state index in [1.54, 1.807) is 21.3 Å². The van der Waals surface area contributed by atoms with Crippen LogP contribution in [0, 0.1) is 5.41 Å². The quantitative estimate of drug-likeness (QED) is 0.775. The number of ether oxygens (including phenoxy) is 4. The molecule has 1 aromatic rings. The Morgan fingerprint density at radius 1 is 1.20 bits per heavy atom. The second kappa shape index (κ2) is 8.40. The summed E-state index contributed by atoms with van der Waals surface area (Å²) in [7, 11) is 4.69. The first-order chi connectivity index (χ1) is 12.0. The van der Waals surface area contributed by atoms with E-state index in [-0.39, 0.29) is 11.9 Å². The number of benzene rings is 1. The SMILES string of the molecule is COc1cc(C(C)NC(=O)C2(CN)CCOCC2)cc(OC)c1OC. The number of carbonyl (C=O) groups excluding carboxylic acids is 1. The normalized spacial score (nSPS) is 17.5. The summed E-state index contributed by atoms with van der Waals surface area (Å²) >= 11 is 0. The minimum atomic E-state index is -0.562. The number of amides is 1. The summed E-state index contributed by atoms with van der Waals surface area (Å²) in [6.07, 6.45) is 1.27. The largest absolute Gasteiger partial charge is 0.493 e. The van der Waals surface area contributed by atoms with Crippen LogP contribution in [0.25, 0.3) is 0 Å². The van der Waals surface area contributed by atoms with Crippen molar-refractivity contribution >= 4 is 5.91 Å². The van der Waals surface area contributed by atoms with Crippen LogP contribution in [-0.2, 0) is 9.53 Å². The van der Waals surface area contributed by atoms with Gasteiger partial charge >= 0.3 is 0 Å². The molecule has 1 aliphatic rings. The first kappa shape index (κ1) is 19.3. The van der Waals surface area contributed by atoms with Gasteiger partial charge in [0.2, 0.25) is 11.7 Å². The molecule has 0 saturated carbocycles. The molecular weight excluding hydrogens is 324 g/mol. The lowest BCUT2D eigenvalue weighted by atomic mass is 9.79. The van der Waals surface area contributed by atoms with Crippen molar-refractivity contribution in [3.05, 3.63) is 17.7 Å². The van der Waals surface area contributed by atoms with Crippen molar-refractivity contribution in [2.75, 3.05) is 41.1 Å². The Bertz CT molecular complexity index is 574. The highest BCUT2D eigenvalue weighted by molar-refractivity contribution is 5.83. The van der Waals surface area contributed by atoms with Crippen LogP contribution in [0.4, 0.5) is 0 Å². The highest BCUT2D eigenvalue weighted by Gasteiger charge is 2.39. The fourth-order valence-corrected chi connectivity index (χ4v) is 3.07. The number of rotatable bonds is 7. The van der Waals surface area contributed by atoms with Gasteiger partial charge in [0.05, 0.1) is 32.8 Å². The molecule has 1 aromatic carbocycles. The molecule has 1 heterocycles. The Labute approximate surface area is 148 Å². The monoisotopic (exact) mass is 352 g/mol. The fourth-order valence-electron chi connectivity index (χ4n) is 3.07. The maximum Gasteiger partial charge on any atom is 0.228 e. The standard InChI is InChI=1S/C18H28N2O5/c1-12(20-17(21)18(11-19)5-7-25-8-6-18)13-9-14(22-2)16(24-4)15(10-13)23-3/h9-10,12H,5-8,11,19H2,1-4H3,(H,20,21). The van der Waals surface area contributed by atoms with Crippen molar-refractivity contribution in [1.82, 2.24) is 5.32 Å². The van der Waals surface area contributed by atoms with E-state index in [9.17, 15) is 4.79 Å². The van der Waals surface area contributed by atoms with E-state index in [4.69, 9.17) is 24.7 Å². The van der Waals surface area contributed by atoms with Crippen LogP contribution >= 0.6 is 0 Å². The van der Waals surface area contributed by atoms with E-state index in [0.29, 0.717) is 49.8 Å². The van der Waals surface area contributed by atoms with Crippen molar-refractivity contribution in [1.29, 1.82) is 0 Å². The van der Waals surface area contributed by atoms with Crippen LogP contribution in [0.1, 0.15) is 31.4 Å². The number of hydrogen-bond acceptors (Lipinski definition) is 6. The minimum Gasteiger partial charge on any atom is -0.493 e. The molecule has 1 unspecified atom stereocenters. The van der Waals surface area contributed by atoms with Gasteiger partial charge in [0.25, 0.3) is 0 Å². The van der Waals surface area contributed by atoms with Crippen LogP contribution in [0.15, 0.2) is 12.1 Å². The van der Waals surface area contributed by atoms with Gasteiger partial charge in [-0.1, -0.05) is 0 Å². The van der Waals surface area contributed by atoms with Crippen LogP contribution < -0.4 is 25.3 Å². The third-order valence-corrected chi connectivity index (χ3v) is 4.86. The van der Waals surface area contributed by atoms with Crippen LogP contribution in [0.2, 0.25) is 0 Å². The van der Waals surface area contributed by atoms with Gasteiger partial charge in [0.1, 0.15) is 0 Å². The highest BCUT2D eigenvalue weighted by Crippen LogP contribution is 2.40. The maximum absolute atomic E-state index is 12.8. The average Bonchev–Trinajstić information content (AvgIpc) is 2.66. The van der Waals surface area contributed by atoms with E-state index in [2.05, 4.69) is 5.32 Å². The average molecular weight is 352 g/mol. The summed E-state index contributed by atoms with van der Waals surface area (Å²) in [6, 6.07) is 3.45. The van der Waals surface area contributed by atoms with Gasteiger partial charge in [0, 0.05) is 19.8 Å². The predicted octanol–water partition coefficient (Wildman–Crippen LogP) is 1.65. The summed E-state index contributed by atoms with van der Waals surface area (Å²) in [5, 5.41) is 3.07. The van der Waals surface area contributed by atoms with Gasteiger partial charge in [-0.05, 0) is 37.5 Å². The molecule has 0 aliphatic carbocycles. The Balaban J connectivity index is 2.22. The zero-order valence-electron chi connectivity index (χ0n) is 15.4. The summed E-state index contributed by atoms with van der Waals surface area (Å²) in [4.78, 5) is 12.8. The molecule has 7 heteroatoms. The molecule has 2 rings (SSSR count). The number of carbonyl (C=O) groups is 1. The lowest BCUT2D eigenvalue weighted by Crippen LogP contribution is -2.49. The van der Waals surface area contributed by atoms with Gasteiger partial charge < -0.3 is 30.0 Å². The topological polar surface area (TPSA) is 92.0 Å². The molecular formula is C18H28N2O5. The third-order valence-electron chi connectivity index (χ3n) is 4.86. The van der Waals surface area contributed by atoms with Gasteiger partial charge in [-0.3, -0.25) is 4.79 Å². The summed E-state index contributed by atoms with van der Waals surface area (Å²) in [5.41, 5.74) is 6.21. The van der Waals surface area contributed by atoms with Crippen LogP contribution in [-0.4, -0.2) is 47.0 Å². The molecule has 1 amide bonds. The predicted molar refractivity (Wildman–Crippen MR) is 94.2 cm³/mol. The van der Waals surface area contributed by atoms with Gasteiger partial charge in [-0.15, -0.1) is 0 Å². The third kappa shape index (κ3) is 3.99. The number of nitrogens with two attached hydrogens (primary N) is 1. The Hall–Kier alpha value is -1.99. The molecule has 25 heavy (non-hydrogen) atoms. The molecule has 1 aliphatic heterocycles. The first-order valence-corrected chi connectivity index (χ1v) is 8.40. The zero-order chi connectivity index (χ0) is 18.4. The number of nitrogens with one attached hydrogen (secondary N) is 1. The molecule has 140 valence electrons. The Kier molecular flexibility index (Phi) is 6.50. The van der Waals surface area contributed by atoms with Crippen molar-refractivity contribution < 1.29 is 23.7 Å². The van der Waals surface area contributed by atoms with Gasteiger partial charge in [0.15, 0.2) is 11.5 Å². The van der Waals surface area contributed by atoms with Gasteiger partial charge in [-0.2, -0.15) is 0 Å². The van der Waals surface area contributed by atoms with Crippen molar-refractivity contribution in [2.45, 2.75) is 25.8 Å². The molecule has 7 nitrogen and oxygen atoms in total. The first-order valence-electron chi connectivity index (χ1n) is 8.40. The number of methoxy groups -OCH3 is 3. The Morgan fingerprint density at radius 2 is 1.76 bits per heavy atom. The highest BCUT2D eigenvalue weighted by atomic mass is 16.5. The molecule has 0 spiro atoms.